The van der Waals surface area contributed by atoms with Crippen molar-refractivity contribution in [3.63, 3.8) is 0 Å². The van der Waals surface area contributed by atoms with Crippen LogP contribution in [0.4, 0.5) is 0 Å². The summed E-state index contributed by atoms with van der Waals surface area (Å²) >= 11 is 0. The van der Waals surface area contributed by atoms with Gasteiger partial charge in [-0.3, -0.25) is 0 Å². The van der Waals surface area contributed by atoms with Crippen LogP contribution < -0.4 is 10.5 Å². The van der Waals surface area contributed by atoms with E-state index in [0.717, 1.165) is 0 Å². The minimum atomic E-state index is -3.36. The molecular formula is C9H22N2O4S. The summed E-state index contributed by atoms with van der Waals surface area (Å²) in [5.41, 5.74) is 5.39. The lowest BCUT2D eigenvalue weighted by Gasteiger charge is -2.18. The third-order valence-electron chi connectivity index (χ3n) is 2.36. The first-order valence-corrected chi connectivity index (χ1v) is 6.76. The number of hydrogen-bond donors (Lipinski definition) is 2. The minimum absolute atomic E-state index is 0.119. The Bertz CT molecular complexity index is 265. The van der Waals surface area contributed by atoms with Gasteiger partial charge in [-0.2, -0.15) is 0 Å². The summed E-state index contributed by atoms with van der Waals surface area (Å²) in [4.78, 5) is 0. The highest BCUT2D eigenvalue weighted by atomic mass is 32.2. The Hall–Kier alpha value is -0.210. The zero-order valence-corrected chi connectivity index (χ0v) is 10.9. The number of hydrogen-bond acceptors (Lipinski definition) is 5. The Morgan fingerprint density at radius 2 is 2.00 bits per heavy atom. The van der Waals surface area contributed by atoms with Gasteiger partial charge in [0, 0.05) is 27.3 Å². The van der Waals surface area contributed by atoms with Gasteiger partial charge in [0.05, 0.1) is 18.0 Å². The first-order chi connectivity index (χ1) is 7.51. The first kappa shape index (κ1) is 15.8. The van der Waals surface area contributed by atoms with Crippen LogP contribution in [0, 0.1) is 0 Å². The fourth-order valence-electron chi connectivity index (χ4n) is 1.24. The van der Waals surface area contributed by atoms with Gasteiger partial charge >= 0.3 is 0 Å². The van der Waals surface area contributed by atoms with E-state index in [-0.39, 0.29) is 19.2 Å². The van der Waals surface area contributed by atoms with Gasteiger partial charge in [-0.15, -0.1) is 0 Å². The molecule has 2 unspecified atom stereocenters. The fourth-order valence-corrected chi connectivity index (χ4v) is 2.58. The molecule has 0 aromatic carbocycles. The molecule has 0 spiro atoms. The maximum absolute atomic E-state index is 11.7. The van der Waals surface area contributed by atoms with Crippen molar-refractivity contribution < 1.29 is 17.9 Å². The van der Waals surface area contributed by atoms with Gasteiger partial charge in [-0.25, -0.2) is 13.1 Å². The maximum atomic E-state index is 11.7. The topological polar surface area (TPSA) is 90.7 Å². The van der Waals surface area contributed by atoms with Crippen molar-refractivity contribution in [2.24, 2.45) is 5.73 Å². The summed E-state index contributed by atoms with van der Waals surface area (Å²) in [5.74, 6) is 0. The van der Waals surface area contributed by atoms with Gasteiger partial charge in [0.25, 0.3) is 0 Å². The predicted octanol–water partition coefficient (Wildman–Crippen LogP) is -0.695. The molecule has 0 fully saturated rings. The van der Waals surface area contributed by atoms with E-state index in [1.807, 2.05) is 0 Å². The lowest BCUT2D eigenvalue weighted by molar-refractivity contribution is 0.0319. The molecular weight excluding hydrogens is 232 g/mol. The molecule has 0 saturated carbocycles. The van der Waals surface area contributed by atoms with Gasteiger partial charge in [0.15, 0.2) is 0 Å². The Labute approximate surface area is 97.5 Å². The third kappa shape index (κ3) is 5.22. The molecule has 2 atom stereocenters. The van der Waals surface area contributed by atoms with Crippen molar-refractivity contribution in [3.05, 3.63) is 0 Å². The lowest BCUT2D eigenvalue weighted by atomic mass is 10.3. The SMILES string of the molecule is CCC(CN)S(=O)(=O)NCC(COC)OC. The molecule has 0 aromatic rings. The third-order valence-corrected chi connectivity index (χ3v) is 4.33. The van der Waals surface area contributed by atoms with Crippen LogP contribution in [-0.4, -0.2) is 53.7 Å². The molecule has 0 heterocycles. The molecule has 0 aromatic heterocycles. The highest BCUT2D eigenvalue weighted by Gasteiger charge is 2.23. The van der Waals surface area contributed by atoms with Crippen LogP contribution in [0.5, 0.6) is 0 Å². The summed E-state index contributed by atoms with van der Waals surface area (Å²) < 4.78 is 35.9. The van der Waals surface area contributed by atoms with Crippen LogP contribution in [0.3, 0.4) is 0 Å². The minimum Gasteiger partial charge on any atom is -0.382 e. The van der Waals surface area contributed by atoms with Gasteiger partial charge in [-0.05, 0) is 6.42 Å². The molecule has 6 nitrogen and oxygen atoms in total. The summed E-state index contributed by atoms with van der Waals surface area (Å²) in [5, 5.41) is -0.549. The number of nitrogens with one attached hydrogen (secondary N) is 1. The van der Waals surface area contributed by atoms with Crippen molar-refractivity contribution in [1.82, 2.24) is 4.72 Å². The molecule has 16 heavy (non-hydrogen) atoms. The van der Waals surface area contributed by atoms with Crippen LogP contribution in [0.2, 0.25) is 0 Å². The van der Waals surface area contributed by atoms with E-state index in [1.165, 1.54) is 14.2 Å². The smallest absolute Gasteiger partial charge is 0.215 e. The van der Waals surface area contributed by atoms with Crippen molar-refractivity contribution in [3.8, 4) is 0 Å². The fraction of sp³-hybridized carbons (Fsp3) is 1.00. The molecule has 0 rings (SSSR count). The monoisotopic (exact) mass is 254 g/mol. The summed E-state index contributed by atoms with van der Waals surface area (Å²) in [7, 11) is -0.307. The Morgan fingerprint density at radius 3 is 2.38 bits per heavy atom. The molecule has 0 aliphatic rings. The molecule has 0 radical (unpaired) electrons. The van der Waals surface area contributed by atoms with Crippen molar-refractivity contribution in [2.45, 2.75) is 24.7 Å². The molecule has 0 aliphatic heterocycles. The van der Waals surface area contributed by atoms with Gasteiger partial charge < -0.3 is 15.2 Å². The van der Waals surface area contributed by atoms with Crippen LogP contribution >= 0.6 is 0 Å². The van der Waals surface area contributed by atoms with Crippen LogP contribution in [0.25, 0.3) is 0 Å². The zero-order valence-electron chi connectivity index (χ0n) is 10.1. The molecule has 98 valence electrons. The first-order valence-electron chi connectivity index (χ1n) is 5.22. The van der Waals surface area contributed by atoms with Crippen LogP contribution in [0.15, 0.2) is 0 Å². The van der Waals surface area contributed by atoms with Crippen molar-refractivity contribution in [2.75, 3.05) is 33.9 Å². The van der Waals surface area contributed by atoms with Crippen LogP contribution in [-0.2, 0) is 19.5 Å². The van der Waals surface area contributed by atoms with Crippen LogP contribution in [0.1, 0.15) is 13.3 Å². The number of ether oxygens (including phenoxy) is 2. The average Bonchev–Trinajstić information content (AvgIpc) is 2.25. The van der Waals surface area contributed by atoms with Crippen molar-refractivity contribution >= 4 is 10.0 Å². The molecule has 0 aliphatic carbocycles. The van der Waals surface area contributed by atoms with E-state index < -0.39 is 15.3 Å². The number of methoxy groups -OCH3 is 2. The zero-order chi connectivity index (χ0) is 12.6. The van der Waals surface area contributed by atoms with E-state index in [4.69, 9.17) is 15.2 Å². The summed E-state index contributed by atoms with van der Waals surface area (Å²) in [6.45, 7) is 2.45. The van der Waals surface area contributed by atoms with E-state index in [9.17, 15) is 8.42 Å². The Kier molecular flexibility index (Phi) is 7.86. The largest absolute Gasteiger partial charge is 0.382 e. The molecule has 7 heteroatoms. The van der Waals surface area contributed by atoms with Gasteiger partial charge in [0.2, 0.25) is 10.0 Å². The highest BCUT2D eigenvalue weighted by molar-refractivity contribution is 7.90. The normalized spacial score (nSPS) is 16.0. The second kappa shape index (κ2) is 7.97. The summed E-state index contributed by atoms with van der Waals surface area (Å²) in [6.07, 6.45) is 0.211. The molecule has 3 N–H and O–H groups in total. The number of rotatable bonds is 9. The predicted molar refractivity (Wildman–Crippen MR) is 62.7 cm³/mol. The lowest BCUT2D eigenvalue weighted by Crippen LogP contribution is -2.43. The quantitative estimate of drug-likeness (QED) is 0.568. The van der Waals surface area contributed by atoms with E-state index >= 15 is 0 Å². The maximum Gasteiger partial charge on any atom is 0.215 e. The second-order valence-corrected chi connectivity index (χ2v) is 5.52. The van der Waals surface area contributed by atoms with E-state index in [0.29, 0.717) is 13.0 Å². The molecule has 0 saturated heterocycles. The number of sulfonamides is 1. The van der Waals surface area contributed by atoms with Gasteiger partial charge in [-0.1, -0.05) is 6.92 Å². The van der Waals surface area contributed by atoms with Crippen molar-refractivity contribution in [1.29, 1.82) is 0 Å². The van der Waals surface area contributed by atoms with Gasteiger partial charge in [0.1, 0.15) is 0 Å². The standard InChI is InChI=1S/C9H22N2O4S/c1-4-9(5-10)16(12,13)11-6-8(15-3)7-14-2/h8-9,11H,4-7,10H2,1-3H3. The van der Waals surface area contributed by atoms with E-state index in [1.54, 1.807) is 6.92 Å². The molecule has 0 bridgehead atoms. The van der Waals surface area contributed by atoms with E-state index in [2.05, 4.69) is 4.72 Å². The summed E-state index contributed by atoms with van der Waals surface area (Å²) in [6, 6.07) is 0. The highest BCUT2D eigenvalue weighted by Crippen LogP contribution is 2.02. The molecule has 0 amide bonds. The second-order valence-electron chi connectivity index (χ2n) is 3.47. The Morgan fingerprint density at radius 1 is 1.38 bits per heavy atom. The average molecular weight is 254 g/mol. The Balaban J connectivity index is 4.26. The number of nitrogens with two attached hydrogens (primary N) is 1.